The van der Waals surface area contributed by atoms with Crippen LogP contribution >= 0.6 is 33.9 Å². The number of rotatable bonds is 7. The number of alkyl halides is 1. The number of piperazine rings is 1. The van der Waals surface area contributed by atoms with Gasteiger partial charge in [-0.05, 0) is 28.5 Å². The maximum absolute atomic E-state index is 12.9. The molecule has 2 heterocycles. The fourth-order valence-electron chi connectivity index (χ4n) is 4.18. The van der Waals surface area contributed by atoms with Crippen molar-refractivity contribution in [3.8, 4) is 0 Å². The van der Waals surface area contributed by atoms with E-state index in [9.17, 15) is 13.2 Å². The lowest BCUT2D eigenvalue weighted by Gasteiger charge is -2.34. The van der Waals surface area contributed by atoms with Crippen LogP contribution in [0.3, 0.4) is 0 Å². The molecule has 3 aromatic rings. The fraction of sp³-hybridized carbons (Fsp3) is 0.417. The Bertz CT molecular complexity index is 1360. The average molecular weight is 613 g/mol. The van der Waals surface area contributed by atoms with Crippen LogP contribution in [0.4, 0.5) is 0 Å². The van der Waals surface area contributed by atoms with E-state index in [0.29, 0.717) is 13.1 Å². The van der Waals surface area contributed by atoms with Gasteiger partial charge in [0.15, 0.2) is 14.6 Å². The fourth-order valence-corrected chi connectivity index (χ4v) is 6.77. The van der Waals surface area contributed by atoms with E-state index >= 15 is 0 Å². The summed E-state index contributed by atoms with van der Waals surface area (Å²) in [6, 6.07) is 11.3. The molecule has 0 N–H and O–H groups in total. The van der Waals surface area contributed by atoms with Gasteiger partial charge in [-0.15, -0.1) is 11.3 Å². The third kappa shape index (κ3) is 5.72. The lowest BCUT2D eigenvalue weighted by Crippen LogP contribution is -2.48. The standard InChI is InChI=1S/C24H29IN4O3S2/c1-26-24-27(2)21(17-33-24)16-28-8-10-29(11-9-28)23(30)7-12-34(31,32)22-6-5-19-13-18(15-25)3-4-20(19)14-22/h3-6,13-14,17H,7-12,15-16H2,1-2H3/b26-24-. The molecule has 4 rings (SSSR count). The Morgan fingerprint density at radius 3 is 2.47 bits per heavy atom. The number of amides is 1. The number of carbonyl (C=O) groups excluding carboxylic acids is 1. The van der Waals surface area contributed by atoms with E-state index in [2.05, 4.69) is 48.5 Å². The minimum Gasteiger partial charge on any atom is -0.340 e. The molecular weight excluding hydrogens is 583 g/mol. The Labute approximate surface area is 218 Å². The summed E-state index contributed by atoms with van der Waals surface area (Å²) in [5, 5.41) is 4.05. The minimum atomic E-state index is -3.53. The number of nitrogens with zero attached hydrogens (tertiary/aromatic N) is 4. The Morgan fingerprint density at radius 2 is 1.79 bits per heavy atom. The smallest absolute Gasteiger partial charge is 0.223 e. The van der Waals surface area contributed by atoms with Crippen LogP contribution in [0.15, 0.2) is 51.7 Å². The SMILES string of the molecule is C/N=c1\scc(CN2CCN(C(=O)CCS(=O)(=O)c3ccc4cc(CI)ccc4c3)CC2)n1C. The van der Waals surface area contributed by atoms with E-state index in [1.54, 1.807) is 35.4 Å². The molecule has 0 atom stereocenters. The second-order valence-corrected chi connectivity index (χ2v) is 12.2. The van der Waals surface area contributed by atoms with Gasteiger partial charge in [0, 0.05) is 68.7 Å². The highest BCUT2D eigenvalue weighted by atomic mass is 127. The number of carbonyl (C=O) groups is 1. The number of hydrogen-bond donors (Lipinski definition) is 0. The van der Waals surface area contributed by atoms with Crippen LogP contribution in [0, 0.1) is 0 Å². The average Bonchev–Trinajstić information content (AvgIpc) is 3.21. The highest BCUT2D eigenvalue weighted by molar-refractivity contribution is 14.1. The first-order chi connectivity index (χ1) is 16.3. The normalized spacial score (nSPS) is 15.9. The van der Waals surface area contributed by atoms with E-state index in [1.165, 1.54) is 11.3 Å². The number of fused-ring (bicyclic) bond motifs is 1. The van der Waals surface area contributed by atoms with Gasteiger partial charge in [-0.2, -0.15) is 0 Å². The highest BCUT2D eigenvalue weighted by Crippen LogP contribution is 2.23. The summed E-state index contributed by atoms with van der Waals surface area (Å²) in [7, 11) is 0.286. The third-order valence-electron chi connectivity index (χ3n) is 6.29. The van der Waals surface area contributed by atoms with Crippen LogP contribution in [-0.4, -0.2) is 67.7 Å². The molecule has 0 saturated carbocycles. The van der Waals surface area contributed by atoms with Gasteiger partial charge in [0.25, 0.3) is 0 Å². The van der Waals surface area contributed by atoms with Crippen LogP contribution in [-0.2, 0) is 32.7 Å². The van der Waals surface area contributed by atoms with Crippen LogP contribution < -0.4 is 4.80 Å². The summed E-state index contributed by atoms with van der Waals surface area (Å²) < 4.78 is 28.8. The molecule has 1 fully saturated rings. The molecule has 1 aromatic heterocycles. The quantitative estimate of drug-likeness (QED) is 0.304. The first-order valence-corrected chi connectivity index (χ1v) is 15.2. The number of benzene rings is 2. The molecule has 0 spiro atoms. The van der Waals surface area contributed by atoms with Crippen molar-refractivity contribution in [2.24, 2.45) is 12.0 Å². The molecule has 0 bridgehead atoms. The largest absolute Gasteiger partial charge is 0.340 e. The molecular formula is C24H29IN4O3S2. The van der Waals surface area contributed by atoms with Crippen molar-refractivity contribution in [3.63, 3.8) is 0 Å². The number of thiazole rings is 1. The third-order valence-corrected chi connectivity index (χ3v) is 9.95. The van der Waals surface area contributed by atoms with Gasteiger partial charge in [0.05, 0.1) is 10.6 Å². The summed E-state index contributed by atoms with van der Waals surface area (Å²) in [6.07, 6.45) is 0.00893. The molecule has 0 unspecified atom stereocenters. The Hall–Kier alpha value is -1.76. The van der Waals surface area contributed by atoms with Crippen LogP contribution in [0.1, 0.15) is 17.7 Å². The van der Waals surface area contributed by atoms with Gasteiger partial charge < -0.3 is 9.47 Å². The van der Waals surface area contributed by atoms with E-state index in [1.807, 2.05) is 25.2 Å². The van der Waals surface area contributed by atoms with Crippen LogP contribution in [0.25, 0.3) is 10.8 Å². The second kappa shape index (κ2) is 10.9. The van der Waals surface area contributed by atoms with Crippen molar-refractivity contribution in [1.29, 1.82) is 0 Å². The van der Waals surface area contributed by atoms with Gasteiger partial charge in [-0.3, -0.25) is 14.7 Å². The highest BCUT2D eigenvalue weighted by Gasteiger charge is 2.24. The minimum absolute atomic E-state index is 0.00893. The molecule has 182 valence electrons. The van der Waals surface area contributed by atoms with E-state index < -0.39 is 9.84 Å². The van der Waals surface area contributed by atoms with E-state index in [-0.39, 0.29) is 23.0 Å². The molecule has 1 aliphatic heterocycles. The predicted molar refractivity (Wildman–Crippen MR) is 145 cm³/mol. The van der Waals surface area contributed by atoms with Crippen molar-refractivity contribution < 1.29 is 13.2 Å². The van der Waals surface area contributed by atoms with Gasteiger partial charge in [-0.1, -0.05) is 46.9 Å². The lowest BCUT2D eigenvalue weighted by atomic mass is 10.1. The van der Waals surface area contributed by atoms with Crippen molar-refractivity contribution in [2.75, 3.05) is 39.0 Å². The molecule has 2 aromatic carbocycles. The van der Waals surface area contributed by atoms with Gasteiger partial charge in [0.1, 0.15) is 0 Å². The molecule has 0 radical (unpaired) electrons. The zero-order chi connectivity index (χ0) is 24.3. The lowest BCUT2D eigenvalue weighted by molar-refractivity contribution is -0.132. The molecule has 1 aliphatic rings. The maximum atomic E-state index is 12.9. The topological polar surface area (TPSA) is 75.0 Å². The first-order valence-electron chi connectivity index (χ1n) is 11.2. The number of hydrogen-bond acceptors (Lipinski definition) is 6. The Morgan fingerprint density at radius 1 is 1.09 bits per heavy atom. The van der Waals surface area contributed by atoms with Crippen molar-refractivity contribution >= 4 is 60.4 Å². The molecule has 1 saturated heterocycles. The van der Waals surface area contributed by atoms with Crippen LogP contribution in [0.5, 0.6) is 0 Å². The zero-order valence-corrected chi connectivity index (χ0v) is 23.2. The maximum Gasteiger partial charge on any atom is 0.223 e. The van der Waals surface area contributed by atoms with Crippen molar-refractivity contribution in [3.05, 3.63) is 57.8 Å². The molecule has 7 nitrogen and oxygen atoms in total. The number of aromatic nitrogens is 1. The van der Waals surface area contributed by atoms with E-state index in [4.69, 9.17) is 0 Å². The number of halogens is 1. The molecule has 1 amide bonds. The summed E-state index contributed by atoms with van der Waals surface area (Å²) in [5.41, 5.74) is 2.41. The summed E-state index contributed by atoms with van der Waals surface area (Å²) in [4.78, 5) is 22.4. The van der Waals surface area contributed by atoms with E-state index in [0.717, 1.165) is 39.6 Å². The Balaban J connectivity index is 1.32. The molecule has 10 heteroatoms. The van der Waals surface area contributed by atoms with Gasteiger partial charge >= 0.3 is 0 Å². The molecule has 0 aliphatic carbocycles. The monoisotopic (exact) mass is 612 g/mol. The van der Waals surface area contributed by atoms with Crippen LogP contribution in [0.2, 0.25) is 0 Å². The summed E-state index contributed by atoms with van der Waals surface area (Å²) in [6.45, 7) is 3.60. The predicted octanol–water partition coefficient (Wildman–Crippen LogP) is 3.21. The first kappa shape index (κ1) is 25.3. The number of sulfone groups is 1. The zero-order valence-electron chi connectivity index (χ0n) is 19.4. The Kier molecular flexibility index (Phi) is 8.11. The summed E-state index contributed by atoms with van der Waals surface area (Å²) in [5.74, 6) is -0.263. The van der Waals surface area contributed by atoms with Gasteiger partial charge in [-0.25, -0.2) is 8.42 Å². The molecule has 34 heavy (non-hydrogen) atoms. The van der Waals surface area contributed by atoms with Crippen molar-refractivity contribution in [2.45, 2.75) is 22.3 Å². The summed E-state index contributed by atoms with van der Waals surface area (Å²) >= 11 is 3.94. The van der Waals surface area contributed by atoms with Gasteiger partial charge in [0.2, 0.25) is 5.91 Å². The van der Waals surface area contributed by atoms with Crippen molar-refractivity contribution in [1.82, 2.24) is 14.4 Å². The second-order valence-electron chi connectivity index (χ2n) is 8.49.